The highest BCUT2D eigenvalue weighted by Gasteiger charge is 2.19. The van der Waals surface area contributed by atoms with Crippen LogP contribution in [0, 0.1) is 0 Å². The number of benzene rings is 1. The highest BCUT2D eigenvalue weighted by molar-refractivity contribution is 5.86. The van der Waals surface area contributed by atoms with Crippen molar-refractivity contribution in [2.45, 2.75) is 18.9 Å². The average Bonchev–Trinajstić information content (AvgIpc) is 3.13. The summed E-state index contributed by atoms with van der Waals surface area (Å²) in [6.07, 6.45) is 6.03. The van der Waals surface area contributed by atoms with Crippen LogP contribution in [-0.4, -0.2) is 46.3 Å². The number of hydrogen-bond donors (Lipinski definition) is 2. The van der Waals surface area contributed by atoms with Crippen LogP contribution in [0.5, 0.6) is 0 Å². The normalized spacial score (nSPS) is 16.2. The Hall–Kier alpha value is -2.66. The number of likely N-dealkylation sites (tertiary alicyclic amines) is 1. The van der Waals surface area contributed by atoms with Crippen LogP contribution in [0.3, 0.4) is 0 Å². The smallest absolute Gasteiger partial charge is 0.115 e. The van der Waals surface area contributed by atoms with Crippen LogP contribution in [0.1, 0.15) is 18.5 Å². The van der Waals surface area contributed by atoms with E-state index in [-0.39, 0.29) is 0 Å². The van der Waals surface area contributed by atoms with Gasteiger partial charge in [0.25, 0.3) is 0 Å². The molecule has 128 valence electrons. The highest BCUT2D eigenvalue weighted by atomic mass is 15.1. The first-order valence-corrected chi connectivity index (χ1v) is 8.74. The summed E-state index contributed by atoms with van der Waals surface area (Å²) in [4.78, 5) is 6.75. The summed E-state index contributed by atoms with van der Waals surface area (Å²) in [6.45, 7) is 6.48. The number of fused-ring (bicyclic) bond motifs is 1. The number of hydrogen-bond acceptors (Lipinski definition) is 4. The van der Waals surface area contributed by atoms with Gasteiger partial charge in [-0.1, -0.05) is 18.7 Å². The molecule has 0 amide bonds. The van der Waals surface area contributed by atoms with Crippen LogP contribution in [-0.2, 0) is 0 Å². The van der Waals surface area contributed by atoms with Crippen molar-refractivity contribution in [3.05, 3.63) is 55.0 Å². The van der Waals surface area contributed by atoms with E-state index in [9.17, 15) is 0 Å². The van der Waals surface area contributed by atoms with Crippen LogP contribution < -0.4 is 5.32 Å². The molecule has 1 aromatic carbocycles. The number of piperidine rings is 1. The molecule has 1 aliphatic rings. The molecular weight excluding hydrogens is 310 g/mol. The van der Waals surface area contributed by atoms with Crippen molar-refractivity contribution < 1.29 is 0 Å². The van der Waals surface area contributed by atoms with Crippen molar-refractivity contribution in [3.63, 3.8) is 0 Å². The minimum atomic E-state index is 0.467. The Morgan fingerprint density at radius 1 is 1.28 bits per heavy atom. The van der Waals surface area contributed by atoms with Gasteiger partial charge in [0.2, 0.25) is 0 Å². The summed E-state index contributed by atoms with van der Waals surface area (Å²) in [7, 11) is 2.17. The quantitative estimate of drug-likeness (QED) is 0.769. The molecule has 2 aromatic heterocycles. The molecule has 0 unspecified atom stereocenters. The summed E-state index contributed by atoms with van der Waals surface area (Å²) in [5, 5.41) is 12.1. The third kappa shape index (κ3) is 3.28. The molecule has 1 saturated heterocycles. The Kier molecular flexibility index (Phi) is 4.24. The first kappa shape index (κ1) is 15.8. The number of aromatic nitrogens is 3. The van der Waals surface area contributed by atoms with Crippen molar-refractivity contribution in [1.82, 2.24) is 25.4 Å². The van der Waals surface area contributed by atoms with Crippen molar-refractivity contribution in [2.75, 3.05) is 20.1 Å². The van der Waals surface area contributed by atoms with E-state index in [1.807, 2.05) is 18.5 Å². The van der Waals surface area contributed by atoms with Gasteiger partial charge in [-0.25, -0.2) is 0 Å². The molecule has 1 fully saturated rings. The number of pyridine rings is 1. The summed E-state index contributed by atoms with van der Waals surface area (Å²) in [6, 6.07) is 10.8. The van der Waals surface area contributed by atoms with Gasteiger partial charge < -0.3 is 10.2 Å². The standard InChI is InChI=1S/C20H23N5/c1-14(23-17-7-10-25(2)11-8-17)20-18(13-22-24-20)15-5-6-19-16(12-15)4-3-9-21-19/h3-6,9,12-13,17,23H,1,7-8,10-11H2,2H3,(H,22,24). The molecule has 3 heterocycles. The number of H-pyrrole nitrogens is 1. The van der Waals surface area contributed by atoms with Gasteiger partial charge in [-0.05, 0) is 56.7 Å². The van der Waals surface area contributed by atoms with Gasteiger partial charge in [0.1, 0.15) is 5.69 Å². The van der Waals surface area contributed by atoms with Gasteiger partial charge in [0.15, 0.2) is 0 Å². The van der Waals surface area contributed by atoms with E-state index in [4.69, 9.17) is 0 Å². The van der Waals surface area contributed by atoms with Gasteiger partial charge in [-0.3, -0.25) is 10.1 Å². The Morgan fingerprint density at radius 3 is 2.96 bits per heavy atom. The SMILES string of the molecule is C=C(NC1CCN(C)CC1)c1n[nH]cc1-c1ccc2ncccc2c1. The molecule has 2 N–H and O–H groups in total. The van der Waals surface area contributed by atoms with E-state index >= 15 is 0 Å². The number of aromatic amines is 1. The maximum Gasteiger partial charge on any atom is 0.115 e. The number of rotatable bonds is 4. The second-order valence-corrected chi connectivity index (χ2v) is 6.76. The van der Waals surface area contributed by atoms with E-state index in [0.29, 0.717) is 6.04 Å². The van der Waals surface area contributed by atoms with E-state index in [1.54, 1.807) is 0 Å². The van der Waals surface area contributed by atoms with Gasteiger partial charge in [-0.2, -0.15) is 5.10 Å². The Bertz CT molecular complexity index is 890. The summed E-state index contributed by atoms with van der Waals surface area (Å²) in [5.74, 6) is 0. The lowest BCUT2D eigenvalue weighted by molar-refractivity contribution is 0.245. The lowest BCUT2D eigenvalue weighted by Gasteiger charge is -2.30. The third-order valence-electron chi connectivity index (χ3n) is 4.94. The second kappa shape index (κ2) is 6.69. The largest absolute Gasteiger partial charge is 0.381 e. The lowest BCUT2D eigenvalue weighted by Crippen LogP contribution is -2.40. The monoisotopic (exact) mass is 333 g/mol. The number of nitrogens with one attached hydrogen (secondary N) is 2. The molecule has 4 rings (SSSR count). The molecule has 0 bridgehead atoms. The maximum atomic E-state index is 4.44. The molecule has 0 radical (unpaired) electrons. The Balaban J connectivity index is 1.57. The van der Waals surface area contributed by atoms with Gasteiger partial charge in [0.05, 0.1) is 11.2 Å². The van der Waals surface area contributed by atoms with E-state index in [0.717, 1.165) is 59.4 Å². The zero-order chi connectivity index (χ0) is 17.2. The number of nitrogens with zero attached hydrogens (tertiary/aromatic N) is 3. The summed E-state index contributed by atoms with van der Waals surface area (Å²) in [5.41, 5.74) is 4.96. The molecule has 3 aromatic rings. The fourth-order valence-corrected chi connectivity index (χ4v) is 3.45. The first-order chi connectivity index (χ1) is 12.2. The lowest BCUT2D eigenvalue weighted by atomic mass is 10.0. The van der Waals surface area contributed by atoms with Crippen molar-refractivity contribution in [1.29, 1.82) is 0 Å². The third-order valence-corrected chi connectivity index (χ3v) is 4.94. The van der Waals surface area contributed by atoms with Gasteiger partial charge in [-0.15, -0.1) is 0 Å². The van der Waals surface area contributed by atoms with Gasteiger partial charge in [0, 0.05) is 29.4 Å². The average molecular weight is 333 g/mol. The van der Waals surface area contributed by atoms with Crippen molar-refractivity contribution in [3.8, 4) is 11.1 Å². The van der Waals surface area contributed by atoms with E-state index in [1.165, 1.54) is 0 Å². The van der Waals surface area contributed by atoms with Crippen molar-refractivity contribution in [2.24, 2.45) is 0 Å². The molecular formula is C20H23N5. The highest BCUT2D eigenvalue weighted by Crippen LogP contribution is 2.28. The molecule has 1 aliphatic heterocycles. The molecule has 0 saturated carbocycles. The van der Waals surface area contributed by atoms with Crippen LogP contribution in [0.4, 0.5) is 0 Å². The fraction of sp³-hybridized carbons (Fsp3) is 0.300. The minimum Gasteiger partial charge on any atom is -0.381 e. The zero-order valence-corrected chi connectivity index (χ0v) is 14.5. The molecule has 5 nitrogen and oxygen atoms in total. The Labute approximate surface area is 147 Å². The first-order valence-electron chi connectivity index (χ1n) is 8.74. The predicted octanol–water partition coefficient (Wildman–Crippen LogP) is 3.28. The topological polar surface area (TPSA) is 56.8 Å². The minimum absolute atomic E-state index is 0.467. The van der Waals surface area contributed by atoms with Gasteiger partial charge >= 0.3 is 0 Å². The molecule has 0 spiro atoms. The zero-order valence-electron chi connectivity index (χ0n) is 14.5. The fourth-order valence-electron chi connectivity index (χ4n) is 3.45. The molecule has 5 heteroatoms. The van der Waals surface area contributed by atoms with E-state index in [2.05, 4.69) is 63.3 Å². The molecule has 25 heavy (non-hydrogen) atoms. The predicted molar refractivity (Wildman–Crippen MR) is 102 cm³/mol. The van der Waals surface area contributed by atoms with Crippen LogP contribution in [0.25, 0.3) is 27.7 Å². The van der Waals surface area contributed by atoms with Crippen molar-refractivity contribution >= 4 is 16.6 Å². The van der Waals surface area contributed by atoms with E-state index < -0.39 is 0 Å². The summed E-state index contributed by atoms with van der Waals surface area (Å²) >= 11 is 0. The van der Waals surface area contributed by atoms with Crippen LogP contribution in [0.2, 0.25) is 0 Å². The molecule has 0 aliphatic carbocycles. The molecule has 0 atom stereocenters. The van der Waals surface area contributed by atoms with Crippen LogP contribution in [0.15, 0.2) is 49.3 Å². The van der Waals surface area contributed by atoms with Crippen LogP contribution >= 0.6 is 0 Å². The second-order valence-electron chi connectivity index (χ2n) is 6.76. The Morgan fingerprint density at radius 2 is 2.12 bits per heavy atom. The summed E-state index contributed by atoms with van der Waals surface area (Å²) < 4.78 is 0. The maximum absolute atomic E-state index is 4.44.